The molecule has 1 aliphatic rings. The summed E-state index contributed by atoms with van der Waals surface area (Å²) in [5.41, 5.74) is 5.43. The van der Waals surface area contributed by atoms with Gasteiger partial charge in [0.1, 0.15) is 11.5 Å². The van der Waals surface area contributed by atoms with Gasteiger partial charge in [0, 0.05) is 25.2 Å². The number of carbonyl (C=O) groups excluding carboxylic acids is 1. The molecule has 1 saturated heterocycles. The molecule has 190 valence electrons. The van der Waals surface area contributed by atoms with Crippen LogP contribution < -0.4 is 4.90 Å². The van der Waals surface area contributed by atoms with Crippen molar-refractivity contribution in [3.63, 3.8) is 0 Å². The van der Waals surface area contributed by atoms with Crippen LogP contribution in [0, 0.1) is 12.7 Å². The highest BCUT2D eigenvalue weighted by atomic mass is 19.1. The maximum Gasteiger partial charge on any atom is 0.233 e. The van der Waals surface area contributed by atoms with E-state index in [1.54, 1.807) is 17.0 Å². The van der Waals surface area contributed by atoms with Crippen LogP contribution in [0.25, 0.3) is 11.3 Å². The van der Waals surface area contributed by atoms with Gasteiger partial charge >= 0.3 is 0 Å². The van der Waals surface area contributed by atoms with Gasteiger partial charge in [-0.05, 0) is 36.2 Å². The summed E-state index contributed by atoms with van der Waals surface area (Å²) in [7, 11) is 0. The molecule has 0 bridgehead atoms. The molecule has 1 amide bonds. The van der Waals surface area contributed by atoms with Crippen LogP contribution >= 0.6 is 0 Å². The van der Waals surface area contributed by atoms with E-state index in [1.165, 1.54) is 12.1 Å². The largest absolute Gasteiger partial charge is 0.378 e. The average molecular weight is 500 g/mol. The number of amides is 1. The highest BCUT2D eigenvalue weighted by molar-refractivity contribution is 5.79. The fourth-order valence-corrected chi connectivity index (χ4v) is 4.59. The number of morpholine rings is 1. The Morgan fingerprint density at radius 1 is 0.946 bits per heavy atom. The summed E-state index contributed by atoms with van der Waals surface area (Å²) in [6.07, 6.45) is 0.264. The van der Waals surface area contributed by atoms with Crippen LogP contribution in [0.2, 0.25) is 0 Å². The first-order valence-electron chi connectivity index (χ1n) is 12.5. The molecule has 2 heterocycles. The zero-order chi connectivity index (χ0) is 25.6. The van der Waals surface area contributed by atoms with E-state index in [2.05, 4.69) is 16.1 Å². The van der Waals surface area contributed by atoms with E-state index in [9.17, 15) is 9.18 Å². The Labute approximate surface area is 216 Å². The predicted octanol–water partition coefficient (Wildman–Crippen LogP) is 5.40. The van der Waals surface area contributed by atoms with Crippen molar-refractivity contribution in [2.75, 3.05) is 31.2 Å². The van der Waals surface area contributed by atoms with Crippen LogP contribution in [0.3, 0.4) is 0 Å². The number of carbonyl (C=O) groups is 1. The maximum absolute atomic E-state index is 13.7. The molecule has 7 heteroatoms. The van der Waals surface area contributed by atoms with Gasteiger partial charge in [-0.3, -0.25) is 4.79 Å². The molecule has 1 fully saturated rings. The van der Waals surface area contributed by atoms with Gasteiger partial charge < -0.3 is 19.1 Å². The number of aromatic nitrogens is 1. The first-order chi connectivity index (χ1) is 18.1. The number of ether oxygens (including phenoxy) is 1. The molecule has 37 heavy (non-hydrogen) atoms. The summed E-state index contributed by atoms with van der Waals surface area (Å²) >= 11 is 0. The van der Waals surface area contributed by atoms with Crippen molar-refractivity contribution in [3.8, 4) is 11.3 Å². The Balaban J connectivity index is 1.52. The molecule has 0 aliphatic carbocycles. The van der Waals surface area contributed by atoms with E-state index < -0.39 is 0 Å². The van der Waals surface area contributed by atoms with E-state index in [4.69, 9.17) is 9.26 Å². The second kappa shape index (κ2) is 11.4. The third kappa shape index (κ3) is 6.06. The van der Waals surface area contributed by atoms with Crippen molar-refractivity contribution >= 4 is 11.8 Å². The Bertz CT molecular complexity index is 1330. The van der Waals surface area contributed by atoms with Gasteiger partial charge in [0.2, 0.25) is 11.8 Å². The lowest BCUT2D eigenvalue weighted by molar-refractivity contribution is -0.131. The second-order valence-corrected chi connectivity index (χ2v) is 9.32. The lowest BCUT2D eigenvalue weighted by atomic mass is 10.0. The van der Waals surface area contributed by atoms with Crippen molar-refractivity contribution in [1.29, 1.82) is 0 Å². The first-order valence-corrected chi connectivity index (χ1v) is 12.5. The molecule has 4 aromatic rings. The van der Waals surface area contributed by atoms with E-state index in [0.29, 0.717) is 45.3 Å². The summed E-state index contributed by atoms with van der Waals surface area (Å²) in [6, 6.07) is 24.1. The SMILES string of the molecule is Cc1cccc(-c2noc(N3CCOCC3)c2CN(Cc2ccc(F)cc2)C(=O)Cc2ccccc2)c1. The topological polar surface area (TPSA) is 58.8 Å². The number of hydrogen-bond acceptors (Lipinski definition) is 5. The van der Waals surface area contributed by atoms with Crippen LogP contribution in [0.5, 0.6) is 0 Å². The molecular formula is C30H30FN3O3. The van der Waals surface area contributed by atoms with Crippen LogP contribution in [0.1, 0.15) is 22.3 Å². The number of rotatable bonds is 8. The molecule has 1 aliphatic heterocycles. The average Bonchev–Trinajstić information content (AvgIpc) is 3.34. The highest BCUT2D eigenvalue weighted by Crippen LogP contribution is 2.34. The molecule has 0 unspecified atom stereocenters. The monoisotopic (exact) mass is 499 g/mol. The molecule has 5 rings (SSSR count). The van der Waals surface area contributed by atoms with Crippen LogP contribution in [0.15, 0.2) is 83.4 Å². The zero-order valence-corrected chi connectivity index (χ0v) is 20.9. The van der Waals surface area contributed by atoms with Gasteiger partial charge in [-0.25, -0.2) is 4.39 Å². The standard InChI is InChI=1S/C30H30FN3O3/c1-22-6-5-9-25(18-22)29-27(30(37-32-29)33-14-16-36-17-15-33)21-34(20-24-10-12-26(31)13-11-24)28(35)19-23-7-3-2-4-8-23/h2-13,18H,14-17,19-21H2,1H3. The lowest BCUT2D eigenvalue weighted by Gasteiger charge is -2.28. The van der Waals surface area contributed by atoms with Gasteiger partial charge in [0.05, 0.1) is 31.7 Å². The third-order valence-electron chi connectivity index (χ3n) is 6.54. The van der Waals surface area contributed by atoms with Crippen molar-refractivity contribution in [1.82, 2.24) is 10.1 Å². The summed E-state index contributed by atoms with van der Waals surface area (Å²) in [6.45, 7) is 5.26. The summed E-state index contributed by atoms with van der Waals surface area (Å²) in [5, 5.41) is 4.47. The van der Waals surface area contributed by atoms with Crippen LogP contribution in [-0.4, -0.2) is 42.3 Å². The molecular weight excluding hydrogens is 469 g/mol. The van der Waals surface area contributed by atoms with E-state index >= 15 is 0 Å². The summed E-state index contributed by atoms with van der Waals surface area (Å²) in [5.74, 6) is 0.331. The minimum atomic E-state index is -0.304. The molecule has 0 atom stereocenters. The second-order valence-electron chi connectivity index (χ2n) is 9.32. The summed E-state index contributed by atoms with van der Waals surface area (Å²) < 4.78 is 25.1. The fourth-order valence-electron chi connectivity index (χ4n) is 4.59. The highest BCUT2D eigenvalue weighted by Gasteiger charge is 2.27. The Kier molecular flexibility index (Phi) is 7.61. The lowest BCUT2D eigenvalue weighted by Crippen LogP contribution is -2.37. The van der Waals surface area contributed by atoms with E-state index in [1.807, 2.05) is 55.5 Å². The molecule has 0 radical (unpaired) electrons. The van der Waals surface area contributed by atoms with Crippen molar-refractivity contribution in [3.05, 3.63) is 107 Å². The molecule has 0 saturated carbocycles. The van der Waals surface area contributed by atoms with Gasteiger partial charge in [0.25, 0.3) is 0 Å². The zero-order valence-electron chi connectivity index (χ0n) is 20.9. The van der Waals surface area contributed by atoms with E-state index in [0.717, 1.165) is 33.5 Å². The Morgan fingerprint density at radius 3 is 2.43 bits per heavy atom. The maximum atomic E-state index is 13.7. The minimum absolute atomic E-state index is 0.0279. The quantitative estimate of drug-likeness (QED) is 0.325. The van der Waals surface area contributed by atoms with E-state index in [-0.39, 0.29) is 18.1 Å². The van der Waals surface area contributed by atoms with Gasteiger partial charge in [-0.2, -0.15) is 0 Å². The number of hydrogen-bond donors (Lipinski definition) is 0. The normalized spacial score (nSPS) is 13.5. The number of aryl methyl sites for hydroxylation is 1. The molecule has 0 N–H and O–H groups in total. The predicted molar refractivity (Wildman–Crippen MR) is 141 cm³/mol. The number of anilines is 1. The molecule has 1 aromatic heterocycles. The van der Waals surface area contributed by atoms with Crippen LogP contribution in [0.4, 0.5) is 10.3 Å². The number of benzene rings is 3. The molecule has 3 aromatic carbocycles. The Hall–Kier alpha value is -3.97. The number of halogens is 1. The van der Waals surface area contributed by atoms with Crippen molar-refractivity contribution in [2.24, 2.45) is 0 Å². The van der Waals surface area contributed by atoms with Gasteiger partial charge in [0.15, 0.2) is 0 Å². The van der Waals surface area contributed by atoms with Crippen molar-refractivity contribution < 1.29 is 18.4 Å². The Morgan fingerprint density at radius 2 is 1.70 bits per heavy atom. The third-order valence-corrected chi connectivity index (χ3v) is 6.54. The first kappa shape index (κ1) is 24.7. The fraction of sp³-hybridized carbons (Fsp3) is 0.267. The van der Waals surface area contributed by atoms with Gasteiger partial charge in [-0.1, -0.05) is 71.4 Å². The molecule has 6 nitrogen and oxygen atoms in total. The number of nitrogens with zero attached hydrogens (tertiary/aromatic N) is 3. The minimum Gasteiger partial charge on any atom is -0.378 e. The van der Waals surface area contributed by atoms with Crippen LogP contribution in [-0.2, 0) is 29.0 Å². The summed E-state index contributed by atoms with van der Waals surface area (Å²) in [4.78, 5) is 17.6. The molecule has 0 spiro atoms. The smallest absolute Gasteiger partial charge is 0.233 e. The van der Waals surface area contributed by atoms with Crippen molar-refractivity contribution in [2.45, 2.75) is 26.4 Å². The van der Waals surface area contributed by atoms with Gasteiger partial charge in [-0.15, -0.1) is 0 Å².